The minimum absolute atomic E-state index is 0.0849. The molecule has 7 nitrogen and oxygen atoms in total. The van der Waals surface area contributed by atoms with Gasteiger partial charge in [-0.05, 0) is 36.8 Å². The van der Waals surface area contributed by atoms with Crippen LogP contribution in [0.5, 0.6) is 0 Å². The number of rotatable bonds is 7. The SMILES string of the molecule is Cc1ccc(Cl)cc1N1CCN(C(=O)CSc2nnc(CCc3nc4ccccc4s3)o2)CC1. The van der Waals surface area contributed by atoms with E-state index in [9.17, 15) is 4.79 Å². The second-order valence-corrected chi connectivity index (χ2v) is 10.6. The van der Waals surface area contributed by atoms with Crippen molar-refractivity contribution in [1.29, 1.82) is 0 Å². The first-order chi connectivity index (χ1) is 16.5. The number of nitrogens with zero attached hydrogens (tertiary/aromatic N) is 5. The Morgan fingerprint density at radius 1 is 1.12 bits per heavy atom. The van der Waals surface area contributed by atoms with E-state index in [1.165, 1.54) is 22.0 Å². The molecule has 1 aliphatic heterocycles. The second kappa shape index (κ2) is 10.3. The van der Waals surface area contributed by atoms with Gasteiger partial charge in [-0.25, -0.2) is 4.98 Å². The average Bonchev–Trinajstić information content (AvgIpc) is 3.49. The normalized spacial score (nSPS) is 14.2. The van der Waals surface area contributed by atoms with Crippen LogP contribution in [0.1, 0.15) is 16.5 Å². The van der Waals surface area contributed by atoms with E-state index in [0.29, 0.717) is 30.6 Å². The van der Waals surface area contributed by atoms with E-state index in [2.05, 4.69) is 33.1 Å². The number of carbonyl (C=O) groups is 1. The number of amides is 1. The molecule has 0 N–H and O–H groups in total. The van der Waals surface area contributed by atoms with Crippen molar-refractivity contribution in [2.45, 2.75) is 25.0 Å². The van der Waals surface area contributed by atoms with Gasteiger partial charge in [0.2, 0.25) is 11.8 Å². The molecule has 0 spiro atoms. The van der Waals surface area contributed by atoms with E-state index in [4.69, 9.17) is 16.0 Å². The minimum Gasteiger partial charge on any atom is -0.416 e. The number of thioether (sulfide) groups is 1. The zero-order valence-corrected chi connectivity index (χ0v) is 21.1. The maximum atomic E-state index is 12.7. The van der Waals surface area contributed by atoms with Gasteiger partial charge in [-0.2, -0.15) is 0 Å². The monoisotopic (exact) mass is 513 g/mol. The molecule has 0 bridgehead atoms. The number of thiazole rings is 1. The Balaban J connectivity index is 1.08. The van der Waals surface area contributed by atoms with Gasteiger partial charge in [0.05, 0.1) is 21.0 Å². The maximum absolute atomic E-state index is 12.7. The standard InChI is InChI=1S/C24H24ClN5O2S2/c1-16-6-7-17(25)14-19(16)29-10-12-30(13-11-29)23(31)15-33-24-28-27-21(32-24)8-9-22-26-18-4-2-3-5-20(18)34-22/h2-7,14H,8-13,15H2,1H3. The smallest absolute Gasteiger partial charge is 0.277 e. The highest BCUT2D eigenvalue weighted by atomic mass is 35.5. The minimum atomic E-state index is 0.0849. The molecule has 176 valence electrons. The molecule has 2 aromatic heterocycles. The number of benzene rings is 2. The van der Waals surface area contributed by atoms with Crippen LogP contribution in [-0.4, -0.2) is 57.9 Å². The molecule has 0 radical (unpaired) electrons. The highest BCUT2D eigenvalue weighted by Crippen LogP contribution is 2.26. The lowest BCUT2D eigenvalue weighted by atomic mass is 10.1. The van der Waals surface area contributed by atoms with Gasteiger partial charge in [-0.15, -0.1) is 21.5 Å². The Kier molecular flexibility index (Phi) is 7.03. The fraction of sp³-hybridized carbons (Fsp3) is 0.333. The third kappa shape index (κ3) is 5.37. The molecule has 34 heavy (non-hydrogen) atoms. The quantitative estimate of drug-likeness (QED) is 0.326. The summed E-state index contributed by atoms with van der Waals surface area (Å²) in [5.41, 5.74) is 3.35. The van der Waals surface area contributed by atoms with Crippen LogP contribution in [0.3, 0.4) is 0 Å². The summed E-state index contributed by atoms with van der Waals surface area (Å²) in [7, 11) is 0. The first-order valence-electron chi connectivity index (χ1n) is 11.1. The number of aryl methyl sites for hydroxylation is 3. The van der Waals surface area contributed by atoms with Gasteiger partial charge in [0.15, 0.2) is 0 Å². The molecular weight excluding hydrogens is 490 g/mol. The van der Waals surface area contributed by atoms with Crippen LogP contribution < -0.4 is 4.90 Å². The van der Waals surface area contributed by atoms with Crippen molar-refractivity contribution in [3.63, 3.8) is 0 Å². The number of carbonyl (C=O) groups excluding carboxylic acids is 1. The average molecular weight is 514 g/mol. The molecule has 3 heterocycles. The lowest BCUT2D eigenvalue weighted by Gasteiger charge is -2.36. The van der Waals surface area contributed by atoms with Crippen molar-refractivity contribution in [3.8, 4) is 0 Å². The van der Waals surface area contributed by atoms with Gasteiger partial charge in [0, 0.05) is 49.7 Å². The van der Waals surface area contributed by atoms with Crippen molar-refractivity contribution in [3.05, 3.63) is 63.9 Å². The Labute approximate surface area is 211 Å². The number of aromatic nitrogens is 3. The van der Waals surface area contributed by atoms with Crippen molar-refractivity contribution in [2.75, 3.05) is 36.8 Å². The number of hydrogen-bond acceptors (Lipinski definition) is 8. The van der Waals surface area contributed by atoms with Gasteiger partial charge >= 0.3 is 0 Å². The fourth-order valence-corrected chi connectivity index (χ4v) is 5.79. The van der Waals surface area contributed by atoms with Crippen molar-refractivity contribution in [1.82, 2.24) is 20.1 Å². The summed E-state index contributed by atoms with van der Waals surface area (Å²) in [5.74, 6) is 0.941. The van der Waals surface area contributed by atoms with Gasteiger partial charge < -0.3 is 14.2 Å². The number of anilines is 1. The Bertz CT molecular complexity index is 1270. The van der Waals surface area contributed by atoms with Gasteiger partial charge in [-0.1, -0.05) is 41.6 Å². The predicted octanol–water partition coefficient (Wildman–Crippen LogP) is 4.87. The highest BCUT2D eigenvalue weighted by molar-refractivity contribution is 7.99. The predicted molar refractivity (Wildman–Crippen MR) is 137 cm³/mol. The molecule has 1 fully saturated rings. The number of halogens is 1. The molecule has 2 aromatic carbocycles. The Hall–Kier alpha value is -2.62. The molecular formula is C24H24ClN5O2S2. The first kappa shape index (κ1) is 23.1. The van der Waals surface area contributed by atoms with E-state index in [1.54, 1.807) is 11.3 Å². The van der Waals surface area contributed by atoms with E-state index in [0.717, 1.165) is 40.7 Å². The number of hydrogen-bond donors (Lipinski definition) is 0. The third-order valence-electron chi connectivity index (χ3n) is 5.80. The van der Waals surface area contributed by atoms with E-state index >= 15 is 0 Å². The second-order valence-electron chi connectivity index (χ2n) is 8.12. The summed E-state index contributed by atoms with van der Waals surface area (Å²) < 4.78 is 6.92. The topological polar surface area (TPSA) is 75.4 Å². The molecule has 0 unspecified atom stereocenters. The molecule has 5 rings (SSSR count). The van der Waals surface area contributed by atoms with E-state index in [1.807, 2.05) is 41.3 Å². The van der Waals surface area contributed by atoms with Gasteiger partial charge in [0.25, 0.3) is 5.22 Å². The lowest BCUT2D eigenvalue weighted by Crippen LogP contribution is -2.49. The van der Waals surface area contributed by atoms with Gasteiger partial charge in [0.1, 0.15) is 0 Å². The Morgan fingerprint density at radius 2 is 1.94 bits per heavy atom. The van der Waals surface area contributed by atoms with Crippen molar-refractivity contribution < 1.29 is 9.21 Å². The highest BCUT2D eigenvalue weighted by Gasteiger charge is 2.23. The number of para-hydroxylation sites is 1. The molecule has 0 saturated carbocycles. The zero-order chi connectivity index (χ0) is 23.5. The van der Waals surface area contributed by atoms with Gasteiger partial charge in [-0.3, -0.25) is 4.79 Å². The largest absolute Gasteiger partial charge is 0.416 e. The van der Waals surface area contributed by atoms with Crippen LogP contribution in [0.2, 0.25) is 5.02 Å². The first-order valence-corrected chi connectivity index (χ1v) is 13.3. The summed E-state index contributed by atoms with van der Waals surface area (Å²) in [4.78, 5) is 21.5. The molecule has 0 aliphatic carbocycles. The molecule has 10 heteroatoms. The summed E-state index contributed by atoms with van der Waals surface area (Å²) in [6, 6.07) is 14.0. The number of fused-ring (bicyclic) bond motifs is 1. The van der Waals surface area contributed by atoms with Crippen LogP contribution in [0.25, 0.3) is 10.2 Å². The van der Waals surface area contributed by atoms with E-state index in [-0.39, 0.29) is 11.7 Å². The molecule has 1 saturated heterocycles. The number of piperazine rings is 1. The molecule has 4 aromatic rings. The van der Waals surface area contributed by atoms with Crippen molar-refractivity contribution >= 4 is 56.5 Å². The van der Waals surface area contributed by atoms with Crippen LogP contribution in [0.15, 0.2) is 52.1 Å². The summed E-state index contributed by atoms with van der Waals surface area (Å²) >= 11 is 9.15. The summed E-state index contributed by atoms with van der Waals surface area (Å²) in [5, 5.41) is 10.4. The molecule has 0 atom stereocenters. The fourth-order valence-electron chi connectivity index (χ4n) is 3.97. The Morgan fingerprint density at radius 3 is 2.76 bits per heavy atom. The third-order valence-corrected chi connectivity index (χ3v) is 7.94. The van der Waals surface area contributed by atoms with Crippen LogP contribution in [0.4, 0.5) is 5.69 Å². The van der Waals surface area contributed by atoms with Crippen LogP contribution in [0, 0.1) is 6.92 Å². The molecule has 1 aliphatic rings. The van der Waals surface area contributed by atoms with Crippen LogP contribution >= 0.6 is 34.7 Å². The van der Waals surface area contributed by atoms with Crippen molar-refractivity contribution in [2.24, 2.45) is 0 Å². The van der Waals surface area contributed by atoms with Crippen LogP contribution in [-0.2, 0) is 17.6 Å². The summed E-state index contributed by atoms with van der Waals surface area (Å²) in [6.45, 7) is 5.02. The maximum Gasteiger partial charge on any atom is 0.277 e. The summed E-state index contributed by atoms with van der Waals surface area (Å²) in [6.07, 6.45) is 1.38. The molecule has 1 amide bonds. The van der Waals surface area contributed by atoms with E-state index < -0.39 is 0 Å². The lowest BCUT2D eigenvalue weighted by molar-refractivity contribution is -0.128. The zero-order valence-electron chi connectivity index (χ0n) is 18.7.